The number of nitriles is 2. The fraction of sp³-hybridized carbons (Fsp3) is 0.477. The molecule has 17 heteroatoms. The van der Waals surface area contributed by atoms with Crippen LogP contribution in [0, 0.1) is 58.0 Å². The van der Waals surface area contributed by atoms with Gasteiger partial charge >= 0.3 is 12.0 Å². The monoisotopic (exact) mass is 837 g/mol. The van der Waals surface area contributed by atoms with Gasteiger partial charge in [-0.1, -0.05) is 25.8 Å². The molecule has 7 rings (SSSR count). The van der Waals surface area contributed by atoms with Crippen molar-refractivity contribution in [2.24, 2.45) is 11.3 Å². The van der Waals surface area contributed by atoms with Crippen molar-refractivity contribution in [2.75, 3.05) is 51.3 Å². The molecule has 4 heterocycles. The van der Waals surface area contributed by atoms with E-state index in [1.807, 2.05) is 18.7 Å². The Morgan fingerprint density at radius 2 is 1.77 bits per heavy atom. The molecule has 3 atom stereocenters. The van der Waals surface area contributed by atoms with Crippen molar-refractivity contribution in [2.45, 2.75) is 77.4 Å². The van der Waals surface area contributed by atoms with Crippen molar-refractivity contribution in [3.63, 3.8) is 0 Å². The number of halogens is 2. The fourth-order valence-electron chi connectivity index (χ4n) is 8.42. The molecule has 3 aliphatic rings. The van der Waals surface area contributed by atoms with Crippen LogP contribution in [0.15, 0.2) is 24.3 Å². The molecule has 2 saturated heterocycles. The van der Waals surface area contributed by atoms with Crippen LogP contribution in [0.4, 0.5) is 19.4 Å². The van der Waals surface area contributed by atoms with E-state index < -0.39 is 17.7 Å². The van der Waals surface area contributed by atoms with Crippen LogP contribution in [0.5, 0.6) is 17.6 Å². The van der Waals surface area contributed by atoms with Crippen LogP contribution >= 0.6 is 0 Å². The Labute approximate surface area is 352 Å². The number of methoxy groups -OCH3 is 1. The number of piperazine rings is 1. The summed E-state index contributed by atoms with van der Waals surface area (Å²) in [5.74, 6) is 0.947. The SMILES string of the molecule is C#Cc1c(F)ccc2cc(O)cc(-c3nc(OC)c4c(N5CC(CC)N(C(=O)NC(C)C#N)C(CC)C5)nc(OCC5(CN6CCC(C#N)CC6)CC5)nc4c3F)c12.O=CO. The summed E-state index contributed by atoms with van der Waals surface area (Å²) in [5, 5.41) is 39.9. The first-order valence-electron chi connectivity index (χ1n) is 20.3. The van der Waals surface area contributed by atoms with E-state index in [4.69, 9.17) is 30.8 Å². The van der Waals surface area contributed by atoms with Crippen molar-refractivity contribution in [1.29, 1.82) is 10.5 Å². The molecule has 2 aliphatic heterocycles. The number of rotatable bonds is 11. The molecule has 3 unspecified atom stereocenters. The Hall–Kier alpha value is -6.51. The number of hydrogen-bond acceptors (Lipinski definition) is 12. The molecule has 3 fully saturated rings. The third-order valence-electron chi connectivity index (χ3n) is 11.8. The number of nitrogens with one attached hydrogen (secondary N) is 1. The van der Waals surface area contributed by atoms with Crippen molar-refractivity contribution in [3.05, 3.63) is 41.5 Å². The lowest BCUT2D eigenvalue weighted by Gasteiger charge is -2.47. The Morgan fingerprint density at radius 1 is 1.10 bits per heavy atom. The standard InChI is InChI=1S/C43H47F2N9O4.CH2O2/c1-6-28-21-53(22-29(7-2)54(28)42(56)48-25(4)19-46)39-35-38(50-41(51-39)58-24-43(13-14-43)23-52-15-11-26(20-47)12-16-52)36(45)37(49-40(35)57-5)32-18-30(55)17-27-9-10-33(44)31(8-3)34(27)32;2-1-3/h3,9-10,17-18,25-26,28-29,55H,6-7,11-16,21-24H2,1-2,4-5H3,(H,48,56);1H,(H,2,3). The number of anilines is 1. The maximum atomic E-state index is 17.4. The Balaban J connectivity index is 0.00000201. The van der Waals surface area contributed by atoms with E-state index >= 15 is 8.78 Å². The van der Waals surface area contributed by atoms with Crippen molar-refractivity contribution in [1.82, 2.24) is 30.1 Å². The molecule has 0 spiro atoms. The first-order valence-corrected chi connectivity index (χ1v) is 20.3. The zero-order valence-electron chi connectivity index (χ0n) is 34.6. The van der Waals surface area contributed by atoms with Gasteiger partial charge in [0.05, 0.1) is 43.5 Å². The number of nitrogens with zero attached hydrogens (tertiary/aromatic N) is 8. The summed E-state index contributed by atoms with van der Waals surface area (Å²) in [4.78, 5) is 42.2. The van der Waals surface area contributed by atoms with E-state index in [0.717, 1.165) is 45.3 Å². The number of carbonyl (C=O) groups excluding carboxylic acids is 1. The van der Waals surface area contributed by atoms with Gasteiger partial charge < -0.3 is 39.7 Å². The second-order valence-corrected chi connectivity index (χ2v) is 15.8. The van der Waals surface area contributed by atoms with Crippen LogP contribution < -0.4 is 19.7 Å². The molecule has 2 aromatic heterocycles. The molecule has 2 aromatic carbocycles. The third-order valence-corrected chi connectivity index (χ3v) is 11.8. The van der Waals surface area contributed by atoms with Crippen molar-refractivity contribution in [3.8, 4) is 53.4 Å². The summed E-state index contributed by atoms with van der Waals surface area (Å²) in [7, 11) is 1.39. The fourth-order valence-corrected chi connectivity index (χ4v) is 8.42. The minimum Gasteiger partial charge on any atom is -0.508 e. The number of carbonyl (C=O) groups is 2. The van der Waals surface area contributed by atoms with E-state index in [0.29, 0.717) is 37.1 Å². The number of benzene rings is 2. The van der Waals surface area contributed by atoms with Crippen LogP contribution in [0.25, 0.3) is 32.9 Å². The topological polar surface area (TPSA) is 201 Å². The Bertz CT molecular complexity index is 2410. The van der Waals surface area contributed by atoms with Gasteiger partial charge in [0, 0.05) is 41.9 Å². The highest BCUT2D eigenvalue weighted by molar-refractivity contribution is 6.04. The number of fused-ring (bicyclic) bond motifs is 2. The number of aromatic nitrogens is 3. The summed E-state index contributed by atoms with van der Waals surface area (Å²) in [5.41, 5.74) is -0.649. The zero-order chi connectivity index (χ0) is 44.0. The van der Waals surface area contributed by atoms with E-state index in [1.54, 1.807) is 11.8 Å². The summed E-state index contributed by atoms with van der Waals surface area (Å²) in [6, 6.07) is 8.08. The number of likely N-dealkylation sites (tertiary alicyclic amines) is 1. The molecule has 320 valence electrons. The predicted molar refractivity (Wildman–Crippen MR) is 223 cm³/mol. The van der Waals surface area contributed by atoms with Crippen LogP contribution in [-0.4, -0.2) is 112 Å². The Morgan fingerprint density at radius 3 is 2.34 bits per heavy atom. The molecule has 0 radical (unpaired) electrons. The first kappa shape index (κ1) is 44.1. The first-order chi connectivity index (χ1) is 29.4. The summed E-state index contributed by atoms with van der Waals surface area (Å²) in [6.07, 6.45) is 10.5. The second kappa shape index (κ2) is 18.8. The molecule has 61 heavy (non-hydrogen) atoms. The number of amides is 2. The number of phenols is 1. The lowest BCUT2D eigenvalue weighted by molar-refractivity contribution is -0.122. The summed E-state index contributed by atoms with van der Waals surface area (Å²) < 4.78 is 44.8. The molecule has 2 amide bonds. The molecule has 0 bridgehead atoms. The molecular weight excluding hydrogens is 789 g/mol. The van der Waals surface area contributed by atoms with Gasteiger partial charge in [-0.05, 0) is 82.1 Å². The maximum absolute atomic E-state index is 17.4. The molecule has 1 saturated carbocycles. The van der Waals surface area contributed by atoms with Gasteiger partial charge in [-0.2, -0.15) is 20.5 Å². The van der Waals surface area contributed by atoms with Crippen LogP contribution in [0.2, 0.25) is 0 Å². The minimum absolute atomic E-state index is 0.0216. The molecular formula is C44H49F2N9O6. The van der Waals surface area contributed by atoms with Gasteiger partial charge in [-0.25, -0.2) is 18.6 Å². The van der Waals surface area contributed by atoms with E-state index in [9.17, 15) is 20.4 Å². The predicted octanol–water partition coefficient (Wildman–Crippen LogP) is 6.21. The normalized spacial score (nSPS) is 19.1. The van der Waals surface area contributed by atoms with Gasteiger partial charge in [0.2, 0.25) is 5.88 Å². The number of terminal acetylenes is 1. The molecule has 4 aromatic rings. The number of ether oxygens (including phenoxy) is 2. The number of phenolic OH excluding ortho intramolecular Hbond substituents is 1. The van der Waals surface area contributed by atoms with E-state index in [2.05, 4.69) is 38.2 Å². The Kier molecular flexibility index (Phi) is 13.6. The van der Waals surface area contributed by atoms with Gasteiger partial charge in [-0.15, -0.1) is 6.42 Å². The van der Waals surface area contributed by atoms with Crippen LogP contribution in [0.1, 0.15) is 64.9 Å². The van der Waals surface area contributed by atoms with E-state index in [-0.39, 0.29) is 93.3 Å². The number of carboxylic acid groups (broad SMARTS) is 1. The lowest BCUT2D eigenvalue weighted by Crippen LogP contribution is -2.63. The second-order valence-electron chi connectivity index (χ2n) is 15.8. The van der Waals surface area contributed by atoms with Gasteiger partial charge in [0.25, 0.3) is 6.47 Å². The molecule has 1 aliphatic carbocycles. The van der Waals surface area contributed by atoms with Gasteiger partial charge in [0.15, 0.2) is 5.82 Å². The average molecular weight is 838 g/mol. The van der Waals surface area contributed by atoms with Crippen LogP contribution in [0.3, 0.4) is 0 Å². The van der Waals surface area contributed by atoms with Crippen molar-refractivity contribution < 1.29 is 38.1 Å². The summed E-state index contributed by atoms with van der Waals surface area (Å²) >= 11 is 0. The zero-order valence-corrected chi connectivity index (χ0v) is 34.6. The number of piperidine rings is 1. The number of pyridine rings is 1. The number of urea groups is 1. The largest absolute Gasteiger partial charge is 0.508 e. The molecule has 15 nitrogen and oxygen atoms in total. The average Bonchev–Trinajstić information content (AvgIpc) is 4.04. The smallest absolute Gasteiger partial charge is 0.319 e. The van der Waals surface area contributed by atoms with Crippen LogP contribution in [-0.2, 0) is 4.79 Å². The van der Waals surface area contributed by atoms with E-state index in [1.165, 1.54) is 31.4 Å². The highest BCUT2D eigenvalue weighted by atomic mass is 19.1. The van der Waals surface area contributed by atoms with Crippen molar-refractivity contribution >= 4 is 40.0 Å². The number of aromatic hydroxyl groups is 1. The highest BCUT2D eigenvalue weighted by Crippen LogP contribution is 2.48. The lowest BCUT2D eigenvalue weighted by atomic mass is 9.95. The minimum atomic E-state index is -0.882. The molecule has 3 N–H and O–H groups in total. The number of hydrogen-bond donors (Lipinski definition) is 3. The van der Waals surface area contributed by atoms with Gasteiger partial charge in [0.1, 0.15) is 40.0 Å². The summed E-state index contributed by atoms with van der Waals surface area (Å²) in [6.45, 7) is 8.69. The van der Waals surface area contributed by atoms with Gasteiger partial charge in [-0.3, -0.25) is 4.79 Å². The quantitative estimate of drug-likeness (QED) is 0.114. The highest BCUT2D eigenvalue weighted by Gasteiger charge is 2.46. The maximum Gasteiger partial charge on any atom is 0.319 e. The third kappa shape index (κ3) is 9.15.